The third-order valence-corrected chi connectivity index (χ3v) is 4.76. The molecule has 120 valence electrons. The highest BCUT2D eigenvalue weighted by molar-refractivity contribution is 5.90. The van der Waals surface area contributed by atoms with Gasteiger partial charge in [0, 0.05) is 32.0 Å². The number of benzene rings is 1. The Bertz CT molecular complexity index is 514. The summed E-state index contributed by atoms with van der Waals surface area (Å²) < 4.78 is 5.19. The van der Waals surface area contributed by atoms with Crippen LogP contribution in [-0.2, 0) is 4.74 Å². The molecule has 0 aromatic heterocycles. The maximum atomic E-state index is 12.7. The summed E-state index contributed by atoms with van der Waals surface area (Å²) in [6.45, 7) is 1.57. The van der Waals surface area contributed by atoms with Gasteiger partial charge in [-0.25, -0.2) is 4.79 Å². The van der Waals surface area contributed by atoms with E-state index in [0.717, 1.165) is 31.5 Å². The molecule has 1 saturated heterocycles. The van der Waals surface area contributed by atoms with Crippen LogP contribution in [0.4, 0.5) is 10.5 Å². The fourth-order valence-corrected chi connectivity index (χ4v) is 3.37. The number of nitrogens with one attached hydrogen (secondary N) is 1. The van der Waals surface area contributed by atoms with E-state index in [1.807, 2.05) is 17.0 Å². The Labute approximate surface area is 132 Å². The van der Waals surface area contributed by atoms with Gasteiger partial charge in [0.05, 0.1) is 0 Å². The van der Waals surface area contributed by atoms with E-state index in [1.54, 1.807) is 7.11 Å². The van der Waals surface area contributed by atoms with Crippen LogP contribution in [0.3, 0.4) is 0 Å². The van der Waals surface area contributed by atoms with Crippen LogP contribution in [0.1, 0.15) is 50.0 Å². The van der Waals surface area contributed by atoms with E-state index in [0.29, 0.717) is 18.6 Å². The van der Waals surface area contributed by atoms with Crippen LogP contribution < -0.4 is 5.32 Å². The van der Waals surface area contributed by atoms with Crippen LogP contribution in [0, 0.1) is 0 Å². The van der Waals surface area contributed by atoms with Gasteiger partial charge in [0.15, 0.2) is 0 Å². The highest BCUT2D eigenvalue weighted by atomic mass is 16.5. The lowest BCUT2D eigenvalue weighted by Crippen LogP contribution is -2.46. The van der Waals surface area contributed by atoms with Gasteiger partial charge < -0.3 is 15.0 Å². The number of likely N-dealkylation sites (tertiary alicyclic amines) is 1. The normalized spacial score (nSPS) is 21.7. The quantitative estimate of drug-likeness (QED) is 0.893. The van der Waals surface area contributed by atoms with Crippen molar-refractivity contribution in [2.24, 2.45) is 0 Å². The lowest BCUT2D eigenvalue weighted by atomic mass is 10.00. The Morgan fingerprint density at radius 3 is 2.86 bits per heavy atom. The molecule has 1 N–H and O–H groups in total. The smallest absolute Gasteiger partial charge is 0.322 e. The number of amides is 2. The second-order valence-corrected chi connectivity index (χ2v) is 6.42. The Morgan fingerprint density at radius 1 is 1.27 bits per heavy atom. The van der Waals surface area contributed by atoms with Crippen LogP contribution >= 0.6 is 0 Å². The number of carbonyl (C=O) groups is 1. The van der Waals surface area contributed by atoms with Gasteiger partial charge >= 0.3 is 6.03 Å². The molecule has 1 aromatic carbocycles. The van der Waals surface area contributed by atoms with Crippen molar-refractivity contribution in [3.63, 3.8) is 0 Å². The van der Waals surface area contributed by atoms with Crippen LogP contribution in [0.25, 0.3) is 0 Å². The molecule has 0 spiro atoms. The second-order valence-electron chi connectivity index (χ2n) is 6.42. The van der Waals surface area contributed by atoms with E-state index in [4.69, 9.17) is 4.74 Å². The van der Waals surface area contributed by atoms with E-state index in [9.17, 15) is 4.79 Å². The summed E-state index contributed by atoms with van der Waals surface area (Å²) in [7, 11) is 1.72. The van der Waals surface area contributed by atoms with Crippen LogP contribution in [-0.4, -0.2) is 37.2 Å². The standard InChI is InChI=1S/C18H26N2O2/c1-22-13-11-15-6-4-5-12-20(15)18(21)19-17-8-3-2-7-16(17)14-9-10-14/h2-3,7-8,14-15H,4-6,9-13H2,1H3,(H,19,21). The van der Waals surface area contributed by atoms with Crippen molar-refractivity contribution >= 4 is 11.7 Å². The third-order valence-electron chi connectivity index (χ3n) is 4.76. The largest absolute Gasteiger partial charge is 0.385 e. The van der Waals surface area contributed by atoms with Gasteiger partial charge in [0.1, 0.15) is 0 Å². The molecule has 1 unspecified atom stereocenters. The summed E-state index contributed by atoms with van der Waals surface area (Å²) in [5.74, 6) is 0.641. The first-order valence-electron chi connectivity index (χ1n) is 8.45. The van der Waals surface area contributed by atoms with Crippen LogP contribution in [0.5, 0.6) is 0 Å². The maximum absolute atomic E-state index is 12.7. The molecule has 1 aliphatic carbocycles. The number of piperidine rings is 1. The van der Waals surface area contributed by atoms with Crippen LogP contribution in [0.15, 0.2) is 24.3 Å². The lowest BCUT2D eigenvalue weighted by molar-refractivity contribution is 0.123. The van der Waals surface area contributed by atoms with Crippen molar-refractivity contribution in [2.75, 3.05) is 25.6 Å². The minimum Gasteiger partial charge on any atom is -0.385 e. The molecule has 4 heteroatoms. The number of carbonyl (C=O) groups excluding carboxylic acids is 1. The summed E-state index contributed by atoms with van der Waals surface area (Å²) in [5, 5.41) is 3.15. The van der Waals surface area contributed by atoms with Gasteiger partial charge in [0.2, 0.25) is 0 Å². The van der Waals surface area contributed by atoms with Crippen molar-refractivity contribution in [3.8, 4) is 0 Å². The molecule has 22 heavy (non-hydrogen) atoms. The molecule has 1 aliphatic heterocycles. The zero-order chi connectivity index (χ0) is 15.4. The number of para-hydroxylation sites is 1. The first-order chi connectivity index (χ1) is 10.8. The van der Waals surface area contributed by atoms with Crippen molar-refractivity contribution in [2.45, 2.75) is 50.5 Å². The van der Waals surface area contributed by atoms with Crippen LogP contribution in [0.2, 0.25) is 0 Å². The molecule has 0 radical (unpaired) electrons. The van der Waals surface area contributed by atoms with Gasteiger partial charge in [-0.05, 0) is 56.1 Å². The number of methoxy groups -OCH3 is 1. The van der Waals surface area contributed by atoms with E-state index in [-0.39, 0.29) is 6.03 Å². The number of hydrogen-bond donors (Lipinski definition) is 1. The number of nitrogens with zero attached hydrogens (tertiary/aromatic N) is 1. The van der Waals surface area contributed by atoms with Crippen molar-refractivity contribution in [1.82, 2.24) is 4.90 Å². The number of hydrogen-bond acceptors (Lipinski definition) is 2. The van der Waals surface area contributed by atoms with Gasteiger partial charge in [-0.15, -0.1) is 0 Å². The first kappa shape index (κ1) is 15.3. The SMILES string of the molecule is COCCC1CCCCN1C(=O)Nc1ccccc1C1CC1. The monoisotopic (exact) mass is 302 g/mol. The minimum atomic E-state index is 0.0499. The molecular weight excluding hydrogens is 276 g/mol. The predicted molar refractivity (Wildman–Crippen MR) is 88.3 cm³/mol. The fraction of sp³-hybridized carbons (Fsp3) is 0.611. The van der Waals surface area contributed by atoms with Gasteiger partial charge in [-0.3, -0.25) is 0 Å². The number of rotatable bonds is 5. The van der Waals surface area contributed by atoms with Crippen molar-refractivity contribution in [3.05, 3.63) is 29.8 Å². The summed E-state index contributed by atoms with van der Waals surface area (Å²) in [6.07, 6.45) is 6.80. The highest BCUT2D eigenvalue weighted by Crippen LogP contribution is 2.43. The maximum Gasteiger partial charge on any atom is 0.322 e. The number of urea groups is 1. The van der Waals surface area contributed by atoms with Gasteiger partial charge in [0.25, 0.3) is 0 Å². The van der Waals surface area contributed by atoms with E-state index in [1.165, 1.54) is 24.8 Å². The predicted octanol–water partition coefficient (Wildman–Crippen LogP) is 3.99. The summed E-state index contributed by atoms with van der Waals surface area (Å²) in [6, 6.07) is 8.59. The molecule has 2 amide bonds. The molecule has 1 heterocycles. The average molecular weight is 302 g/mol. The topological polar surface area (TPSA) is 41.6 Å². The average Bonchev–Trinajstić information content (AvgIpc) is 3.38. The van der Waals surface area contributed by atoms with E-state index >= 15 is 0 Å². The lowest BCUT2D eigenvalue weighted by Gasteiger charge is -2.35. The van der Waals surface area contributed by atoms with E-state index in [2.05, 4.69) is 17.4 Å². The number of anilines is 1. The molecule has 2 fully saturated rings. The summed E-state index contributed by atoms with van der Waals surface area (Å²) >= 11 is 0. The Balaban J connectivity index is 1.67. The summed E-state index contributed by atoms with van der Waals surface area (Å²) in [4.78, 5) is 14.7. The molecular formula is C18H26N2O2. The first-order valence-corrected chi connectivity index (χ1v) is 8.45. The Hall–Kier alpha value is -1.55. The Morgan fingerprint density at radius 2 is 2.09 bits per heavy atom. The summed E-state index contributed by atoms with van der Waals surface area (Å²) in [5.41, 5.74) is 2.28. The molecule has 1 aromatic rings. The molecule has 4 nitrogen and oxygen atoms in total. The van der Waals surface area contributed by atoms with Crippen molar-refractivity contribution < 1.29 is 9.53 Å². The molecule has 3 rings (SSSR count). The highest BCUT2D eigenvalue weighted by Gasteiger charge is 2.29. The van der Waals surface area contributed by atoms with E-state index < -0.39 is 0 Å². The molecule has 1 saturated carbocycles. The molecule has 2 aliphatic rings. The zero-order valence-corrected chi connectivity index (χ0v) is 13.4. The molecule has 0 bridgehead atoms. The van der Waals surface area contributed by atoms with Crippen molar-refractivity contribution in [1.29, 1.82) is 0 Å². The molecule has 1 atom stereocenters. The Kier molecular flexibility index (Phi) is 4.98. The second kappa shape index (κ2) is 7.14. The fourth-order valence-electron chi connectivity index (χ4n) is 3.37. The van der Waals surface area contributed by atoms with Gasteiger partial charge in [-0.1, -0.05) is 18.2 Å². The van der Waals surface area contributed by atoms with Gasteiger partial charge in [-0.2, -0.15) is 0 Å². The minimum absolute atomic E-state index is 0.0499. The number of ether oxygens (including phenoxy) is 1. The zero-order valence-electron chi connectivity index (χ0n) is 13.4. The third kappa shape index (κ3) is 3.61.